The molecule has 0 spiro atoms. The van der Waals surface area contributed by atoms with E-state index >= 15 is 0 Å². The summed E-state index contributed by atoms with van der Waals surface area (Å²) in [6.45, 7) is -0.0472. The fraction of sp³-hybridized carbons (Fsp3) is 0.533. The van der Waals surface area contributed by atoms with Gasteiger partial charge in [-0.3, -0.25) is 4.31 Å². The number of hydrogen-bond acceptors (Lipinski definition) is 5. The van der Waals surface area contributed by atoms with Crippen LogP contribution < -0.4 is 4.31 Å². The van der Waals surface area contributed by atoms with Crippen molar-refractivity contribution < 1.29 is 31.4 Å². The van der Waals surface area contributed by atoms with Crippen LogP contribution in [0, 0.1) is 17.2 Å². The van der Waals surface area contributed by atoms with Crippen molar-refractivity contribution in [2.24, 2.45) is 5.92 Å². The normalized spacial score (nSPS) is 35.6. The highest BCUT2D eigenvalue weighted by Gasteiger charge is 2.64. The van der Waals surface area contributed by atoms with Gasteiger partial charge in [-0.2, -0.15) is 18.4 Å². The highest BCUT2D eigenvalue weighted by Crippen LogP contribution is 2.49. The van der Waals surface area contributed by atoms with Crippen molar-refractivity contribution >= 4 is 15.7 Å². The fourth-order valence-corrected chi connectivity index (χ4v) is 6.44. The Balaban J connectivity index is 1.76. The first-order chi connectivity index (χ1) is 11.6. The smallest absolute Gasteiger partial charge is 0.390 e. The number of aliphatic hydroxyl groups is 1. The standard InChI is InChI=1S/C15H13F3N2O4S/c16-15(17,18)10-3-8(2-1-7(10)5-19)20-6-9-13-11(21)4-12(24-13)14(9)25(20,22)23/h1-3,9,11-14,21H,4,6H2/t9-,11+,12-,13-,14-/m1/s1. The zero-order valence-electron chi connectivity index (χ0n) is 12.6. The summed E-state index contributed by atoms with van der Waals surface area (Å²) in [7, 11) is -3.91. The molecule has 3 aliphatic rings. The third-order valence-electron chi connectivity index (χ3n) is 5.14. The number of rotatable bonds is 1. The maximum atomic E-state index is 13.1. The lowest BCUT2D eigenvalue weighted by molar-refractivity contribution is -0.137. The van der Waals surface area contributed by atoms with Crippen LogP contribution in [0.4, 0.5) is 18.9 Å². The van der Waals surface area contributed by atoms with Gasteiger partial charge in [0.15, 0.2) is 0 Å². The van der Waals surface area contributed by atoms with Crippen molar-refractivity contribution in [2.75, 3.05) is 10.8 Å². The lowest BCUT2D eigenvalue weighted by Crippen LogP contribution is -2.40. The molecule has 6 nitrogen and oxygen atoms in total. The van der Waals surface area contributed by atoms with Gasteiger partial charge in [0, 0.05) is 18.9 Å². The molecule has 0 saturated carbocycles. The largest absolute Gasteiger partial charge is 0.417 e. The number of nitrogens with zero attached hydrogens (tertiary/aromatic N) is 2. The van der Waals surface area contributed by atoms with Crippen LogP contribution in [0.1, 0.15) is 17.5 Å². The van der Waals surface area contributed by atoms with Crippen molar-refractivity contribution in [3.63, 3.8) is 0 Å². The Kier molecular flexibility index (Phi) is 3.39. The lowest BCUT2D eigenvalue weighted by atomic mass is 9.87. The molecule has 3 saturated heterocycles. The number of anilines is 1. The second-order valence-electron chi connectivity index (χ2n) is 6.49. The number of ether oxygens (including phenoxy) is 1. The Morgan fingerprint density at radius 3 is 2.72 bits per heavy atom. The number of fused-ring (bicyclic) bond motifs is 5. The van der Waals surface area contributed by atoms with E-state index in [1.807, 2.05) is 0 Å². The van der Waals surface area contributed by atoms with Gasteiger partial charge in [-0.1, -0.05) is 0 Å². The van der Waals surface area contributed by atoms with E-state index in [1.54, 1.807) is 0 Å². The van der Waals surface area contributed by atoms with Crippen LogP contribution in [0.3, 0.4) is 0 Å². The minimum absolute atomic E-state index is 0.0472. The molecule has 1 aromatic carbocycles. The maximum Gasteiger partial charge on any atom is 0.417 e. The van der Waals surface area contributed by atoms with Crippen molar-refractivity contribution in [1.82, 2.24) is 0 Å². The summed E-state index contributed by atoms with van der Waals surface area (Å²) >= 11 is 0. The molecule has 0 aliphatic carbocycles. The van der Waals surface area contributed by atoms with Gasteiger partial charge in [0.05, 0.1) is 41.2 Å². The van der Waals surface area contributed by atoms with E-state index < -0.39 is 56.8 Å². The molecule has 0 unspecified atom stereocenters. The van der Waals surface area contributed by atoms with Crippen molar-refractivity contribution in [2.45, 2.75) is 36.2 Å². The Hall–Kier alpha value is -1.83. The molecule has 134 valence electrons. The summed E-state index contributed by atoms with van der Waals surface area (Å²) in [5.74, 6) is -0.483. The average molecular weight is 374 g/mol. The van der Waals surface area contributed by atoms with Crippen LogP contribution in [-0.2, 0) is 20.9 Å². The topological polar surface area (TPSA) is 90.6 Å². The summed E-state index contributed by atoms with van der Waals surface area (Å²) in [5, 5.41) is 17.9. The number of aliphatic hydroxyl groups excluding tert-OH is 1. The van der Waals surface area contributed by atoms with Crippen LogP contribution >= 0.6 is 0 Å². The van der Waals surface area contributed by atoms with Crippen molar-refractivity contribution in [3.05, 3.63) is 29.3 Å². The number of nitriles is 1. The summed E-state index contributed by atoms with van der Waals surface area (Å²) < 4.78 is 71.5. The third kappa shape index (κ3) is 2.26. The molecule has 0 amide bonds. The molecular formula is C15H13F3N2O4S. The lowest BCUT2D eigenvalue weighted by Gasteiger charge is -2.22. The van der Waals surface area contributed by atoms with Crippen LogP contribution in [0.5, 0.6) is 0 Å². The first-order valence-electron chi connectivity index (χ1n) is 7.61. The summed E-state index contributed by atoms with van der Waals surface area (Å²) in [6.07, 6.45) is -6.57. The minimum Gasteiger partial charge on any atom is -0.390 e. The number of hydrogen-bond donors (Lipinski definition) is 1. The van der Waals surface area contributed by atoms with E-state index in [1.165, 1.54) is 12.1 Å². The molecule has 10 heteroatoms. The fourth-order valence-electron chi connectivity index (χ4n) is 4.12. The molecule has 2 bridgehead atoms. The quantitative estimate of drug-likeness (QED) is 0.799. The molecule has 3 heterocycles. The number of sulfonamides is 1. The number of benzene rings is 1. The molecule has 0 aromatic heterocycles. The van der Waals surface area contributed by atoms with Gasteiger partial charge in [0.25, 0.3) is 0 Å². The average Bonchev–Trinajstić information content (AvgIpc) is 3.15. The highest BCUT2D eigenvalue weighted by molar-refractivity contribution is 7.93. The monoisotopic (exact) mass is 374 g/mol. The predicted octanol–water partition coefficient (Wildman–Crippen LogP) is 1.24. The molecule has 5 atom stereocenters. The number of alkyl halides is 3. The maximum absolute atomic E-state index is 13.1. The van der Waals surface area contributed by atoms with Crippen LogP contribution in [0.2, 0.25) is 0 Å². The van der Waals surface area contributed by atoms with E-state index in [-0.39, 0.29) is 18.7 Å². The van der Waals surface area contributed by atoms with Gasteiger partial charge in [-0.15, -0.1) is 0 Å². The van der Waals surface area contributed by atoms with Crippen LogP contribution in [0.25, 0.3) is 0 Å². The molecule has 1 aromatic rings. The highest BCUT2D eigenvalue weighted by atomic mass is 32.2. The first kappa shape index (κ1) is 16.6. The van der Waals surface area contributed by atoms with Gasteiger partial charge in [-0.25, -0.2) is 8.42 Å². The van der Waals surface area contributed by atoms with Gasteiger partial charge in [0.1, 0.15) is 5.25 Å². The van der Waals surface area contributed by atoms with Gasteiger partial charge >= 0.3 is 6.18 Å². The number of halogens is 3. The Morgan fingerprint density at radius 2 is 2.08 bits per heavy atom. The molecule has 3 fully saturated rings. The third-order valence-corrected chi connectivity index (χ3v) is 7.46. The molecule has 3 aliphatic heterocycles. The van der Waals surface area contributed by atoms with Crippen molar-refractivity contribution in [3.8, 4) is 6.07 Å². The summed E-state index contributed by atoms with van der Waals surface area (Å²) in [4.78, 5) is 0. The Labute approximate surface area is 141 Å². The van der Waals surface area contributed by atoms with Gasteiger partial charge < -0.3 is 9.84 Å². The summed E-state index contributed by atoms with van der Waals surface area (Å²) in [6, 6.07) is 4.33. The first-order valence-corrected chi connectivity index (χ1v) is 9.11. The summed E-state index contributed by atoms with van der Waals surface area (Å²) in [5.41, 5.74) is -1.86. The zero-order valence-corrected chi connectivity index (χ0v) is 13.5. The predicted molar refractivity (Wildman–Crippen MR) is 79.0 cm³/mol. The van der Waals surface area contributed by atoms with E-state index in [4.69, 9.17) is 10.00 Å². The van der Waals surface area contributed by atoms with E-state index in [2.05, 4.69) is 0 Å². The SMILES string of the molecule is N#Cc1ccc(N2C[C@@H]3[C@H]4O[C@H](C[C@@H]4O)[C@@H]3S2(=O)=O)cc1C(F)(F)F. The minimum atomic E-state index is -4.77. The zero-order chi connectivity index (χ0) is 18.1. The Bertz CT molecular complexity index is 880. The molecule has 0 radical (unpaired) electrons. The van der Waals surface area contributed by atoms with Gasteiger partial charge in [-0.05, 0) is 18.2 Å². The molecule has 25 heavy (non-hydrogen) atoms. The van der Waals surface area contributed by atoms with Crippen LogP contribution in [-0.4, -0.2) is 43.6 Å². The van der Waals surface area contributed by atoms with Crippen molar-refractivity contribution in [1.29, 1.82) is 5.26 Å². The van der Waals surface area contributed by atoms with E-state index in [0.29, 0.717) is 6.07 Å². The second kappa shape index (κ2) is 5.09. The second-order valence-corrected chi connectivity index (χ2v) is 8.50. The van der Waals surface area contributed by atoms with E-state index in [9.17, 15) is 26.7 Å². The molecule has 4 rings (SSSR count). The molecular weight excluding hydrogens is 361 g/mol. The van der Waals surface area contributed by atoms with Gasteiger partial charge in [0.2, 0.25) is 10.0 Å². The van der Waals surface area contributed by atoms with E-state index in [0.717, 1.165) is 10.4 Å². The molecule has 1 N–H and O–H groups in total. The Morgan fingerprint density at radius 1 is 1.36 bits per heavy atom. The van der Waals surface area contributed by atoms with Crippen LogP contribution in [0.15, 0.2) is 18.2 Å².